The summed E-state index contributed by atoms with van der Waals surface area (Å²) in [5.41, 5.74) is 6.87. The minimum absolute atomic E-state index is 0.0259. The van der Waals surface area contributed by atoms with Gasteiger partial charge in [0.05, 0.1) is 0 Å². The zero-order valence-corrected chi connectivity index (χ0v) is 19.8. The van der Waals surface area contributed by atoms with E-state index < -0.39 is 22.6 Å². The van der Waals surface area contributed by atoms with Gasteiger partial charge in [0, 0.05) is 24.2 Å². The van der Waals surface area contributed by atoms with Gasteiger partial charge in [-0.15, -0.1) is 0 Å². The van der Waals surface area contributed by atoms with Gasteiger partial charge in [-0.25, -0.2) is 4.39 Å². The normalized spacial score (nSPS) is 11.4. The number of carbonyl (C=O) groups is 2. The number of anilines is 2. The molecule has 3 aromatic rings. The van der Waals surface area contributed by atoms with Crippen molar-refractivity contribution < 1.29 is 14.0 Å². The zero-order valence-electron chi connectivity index (χ0n) is 19.8. The van der Waals surface area contributed by atoms with Crippen LogP contribution in [-0.2, 0) is 17.9 Å². The lowest BCUT2D eigenvalue weighted by Gasteiger charge is -2.14. The maximum atomic E-state index is 14.2. The van der Waals surface area contributed by atoms with Gasteiger partial charge in [0.25, 0.3) is 22.7 Å². The SMILES string of the molecule is CC/C=C(/NC(=O)c1c(C)cccc1C)C(=O)NCc1ccc(F)c(CNc2c(N)c(=O)c2=O)c1. The van der Waals surface area contributed by atoms with E-state index in [2.05, 4.69) is 16.0 Å². The number of hydrogen-bond donors (Lipinski definition) is 4. The van der Waals surface area contributed by atoms with E-state index >= 15 is 0 Å². The van der Waals surface area contributed by atoms with Crippen molar-refractivity contribution in [2.45, 2.75) is 40.3 Å². The van der Waals surface area contributed by atoms with E-state index in [4.69, 9.17) is 5.73 Å². The predicted molar refractivity (Wildman–Crippen MR) is 133 cm³/mol. The lowest BCUT2D eigenvalue weighted by Crippen LogP contribution is -2.37. The molecule has 0 saturated carbocycles. The molecule has 0 bridgehead atoms. The number of allylic oxidation sites excluding steroid dienone is 1. The van der Waals surface area contributed by atoms with Gasteiger partial charge in [-0.2, -0.15) is 0 Å². The molecule has 0 aliphatic heterocycles. The standard InChI is InChI=1S/C26H27FN4O4/c1-4-6-19(31-26(35)20-14(2)7-5-8-15(20)3)25(34)30-12-16-9-10-18(27)17(11-16)13-29-22-21(28)23(32)24(22)33/h5-11,29H,4,12-13,28H2,1-3H3,(H,30,34)(H,31,35)/b19-6+. The molecule has 0 radical (unpaired) electrons. The van der Waals surface area contributed by atoms with E-state index in [9.17, 15) is 23.6 Å². The summed E-state index contributed by atoms with van der Waals surface area (Å²) in [5, 5.41) is 8.10. The molecule has 0 unspecified atom stereocenters. The maximum absolute atomic E-state index is 14.2. The largest absolute Gasteiger partial charge is 0.394 e. The average Bonchev–Trinajstić information content (AvgIpc) is 2.83. The van der Waals surface area contributed by atoms with Gasteiger partial charge in [0.2, 0.25) is 0 Å². The van der Waals surface area contributed by atoms with Gasteiger partial charge in [0.1, 0.15) is 22.9 Å². The van der Waals surface area contributed by atoms with Crippen LogP contribution in [0.5, 0.6) is 0 Å². The molecule has 182 valence electrons. The van der Waals surface area contributed by atoms with E-state index in [0.29, 0.717) is 17.5 Å². The third-order valence-electron chi connectivity index (χ3n) is 5.58. The second kappa shape index (κ2) is 10.8. The second-order valence-electron chi connectivity index (χ2n) is 8.16. The van der Waals surface area contributed by atoms with E-state index in [1.54, 1.807) is 6.08 Å². The molecule has 3 aromatic carbocycles. The molecule has 35 heavy (non-hydrogen) atoms. The van der Waals surface area contributed by atoms with Crippen LogP contribution in [0.2, 0.25) is 0 Å². The van der Waals surface area contributed by atoms with Gasteiger partial charge >= 0.3 is 0 Å². The highest BCUT2D eigenvalue weighted by atomic mass is 19.1. The molecule has 0 aromatic heterocycles. The van der Waals surface area contributed by atoms with E-state index in [1.807, 2.05) is 39.0 Å². The molecule has 3 rings (SSSR count). The number of nitrogens with two attached hydrogens (primary N) is 1. The molecular formula is C26H27FN4O4. The van der Waals surface area contributed by atoms with Crippen molar-refractivity contribution in [2.75, 3.05) is 11.1 Å². The monoisotopic (exact) mass is 478 g/mol. The fraction of sp³-hybridized carbons (Fsp3) is 0.231. The highest BCUT2D eigenvalue weighted by molar-refractivity contribution is 6.04. The van der Waals surface area contributed by atoms with E-state index in [1.165, 1.54) is 18.2 Å². The van der Waals surface area contributed by atoms with Crippen LogP contribution in [0.3, 0.4) is 0 Å². The molecule has 0 heterocycles. The number of nitrogen functional groups attached to an aromatic ring is 1. The van der Waals surface area contributed by atoms with Crippen molar-refractivity contribution in [3.8, 4) is 0 Å². The molecule has 0 aliphatic carbocycles. The number of nitrogens with one attached hydrogen (secondary N) is 3. The number of hydrogen-bond acceptors (Lipinski definition) is 6. The summed E-state index contributed by atoms with van der Waals surface area (Å²) in [6.45, 7) is 5.52. The summed E-state index contributed by atoms with van der Waals surface area (Å²) in [6.07, 6.45) is 2.15. The third kappa shape index (κ3) is 5.63. The molecule has 0 spiro atoms. The smallest absolute Gasteiger partial charge is 0.267 e. The van der Waals surface area contributed by atoms with Crippen molar-refractivity contribution in [1.82, 2.24) is 10.6 Å². The zero-order chi connectivity index (χ0) is 25.7. The van der Waals surface area contributed by atoms with E-state index in [-0.39, 0.29) is 41.6 Å². The van der Waals surface area contributed by atoms with Crippen molar-refractivity contribution in [1.29, 1.82) is 0 Å². The van der Waals surface area contributed by atoms with Crippen LogP contribution in [0, 0.1) is 19.7 Å². The first kappa shape index (κ1) is 25.4. The van der Waals surface area contributed by atoms with Gasteiger partial charge < -0.3 is 21.7 Å². The number of halogens is 1. The molecule has 8 nitrogen and oxygen atoms in total. The third-order valence-corrected chi connectivity index (χ3v) is 5.58. The van der Waals surface area contributed by atoms with Gasteiger partial charge in [-0.3, -0.25) is 19.2 Å². The topological polar surface area (TPSA) is 130 Å². The number of rotatable bonds is 9. The fourth-order valence-electron chi connectivity index (χ4n) is 3.68. The number of aryl methyl sites for hydroxylation is 2. The molecular weight excluding hydrogens is 451 g/mol. The summed E-state index contributed by atoms with van der Waals surface area (Å²) in [5.74, 6) is -1.37. The first-order chi connectivity index (χ1) is 16.6. The molecule has 2 amide bonds. The van der Waals surface area contributed by atoms with Crippen LogP contribution in [0.15, 0.2) is 57.8 Å². The Morgan fingerprint density at radius 2 is 1.71 bits per heavy atom. The van der Waals surface area contributed by atoms with Gasteiger partial charge in [0.15, 0.2) is 0 Å². The maximum Gasteiger partial charge on any atom is 0.267 e. The van der Waals surface area contributed by atoms with Crippen LogP contribution in [0.25, 0.3) is 0 Å². The Bertz CT molecular complexity index is 1370. The van der Waals surface area contributed by atoms with Crippen molar-refractivity contribution in [2.24, 2.45) is 0 Å². The molecule has 0 atom stereocenters. The molecule has 0 fully saturated rings. The molecule has 0 saturated heterocycles. The Balaban J connectivity index is 1.66. The Labute approximate surface area is 201 Å². The average molecular weight is 479 g/mol. The lowest BCUT2D eigenvalue weighted by molar-refractivity contribution is -0.118. The molecule has 0 aliphatic rings. The summed E-state index contributed by atoms with van der Waals surface area (Å²) in [7, 11) is 0. The Morgan fingerprint density at radius 1 is 1.03 bits per heavy atom. The number of benzene rings is 2. The quantitative estimate of drug-likeness (QED) is 0.276. The fourth-order valence-corrected chi connectivity index (χ4v) is 3.68. The summed E-state index contributed by atoms with van der Waals surface area (Å²) < 4.78 is 14.2. The predicted octanol–water partition coefficient (Wildman–Crippen LogP) is 2.57. The number of carbonyl (C=O) groups excluding carboxylic acids is 2. The van der Waals surface area contributed by atoms with Crippen molar-refractivity contribution in [3.63, 3.8) is 0 Å². The van der Waals surface area contributed by atoms with Gasteiger partial charge in [-0.1, -0.05) is 37.3 Å². The van der Waals surface area contributed by atoms with Crippen LogP contribution in [-0.4, -0.2) is 11.8 Å². The minimum Gasteiger partial charge on any atom is -0.394 e. The Morgan fingerprint density at radius 3 is 2.34 bits per heavy atom. The molecule has 5 N–H and O–H groups in total. The highest BCUT2D eigenvalue weighted by Crippen LogP contribution is 2.16. The first-order valence-electron chi connectivity index (χ1n) is 11.1. The highest BCUT2D eigenvalue weighted by Gasteiger charge is 2.19. The summed E-state index contributed by atoms with van der Waals surface area (Å²) in [6, 6.07) is 9.81. The van der Waals surface area contributed by atoms with Crippen LogP contribution >= 0.6 is 0 Å². The molecule has 9 heteroatoms. The first-order valence-corrected chi connectivity index (χ1v) is 11.1. The number of amides is 2. The van der Waals surface area contributed by atoms with Crippen LogP contribution < -0.4 is 32.5 Å². The van der Waals surface area contributed by atoms with Gasteiger partial charge in [-0.05, 0) is 49.1 Å². The van der Waals surface area contributed by atoms with Crippen LogP contribution in [0.1, 0.15) is 46.0 Å². The Kier molecular flexibility index (Phi) is 7.80. The second-order valence-corrected chi connectivity index (χ2v) is 8.16. The Hall–Kier alpha value is -4.27. The van der Waals surface area contributed by atoms with Crippen LogP contribution in [0.4, 0.5) is 15.8 Å². The van der Waals surface area contributed by atoms with Crippen molar-refractivity contribution >= 4 is 23.2 Å². The summed E-state index contributed by atoms with van der Waals surface area (Å²) in [4.78, 5) is 48.3. The minimum atomic E-state index is -0.759. The van der Waals surface area contributed by atoms with Crippen molar-refractivity contribution in [3.05, 3.63) is 102 Å². The van der Waals surface area contributed by atoms with E-state index in [0.717, 1.165) is 11.1 Å². The summed E-state index contributed by atoms with van der Waals surface area (Å²) >= 11 is 0. The lowest BCUT2D eigenvalue weighted by atomic mass is 10.0.